The van der Waals surface area contributed by atoms with Crippen LogP contribution in [0.15, 0.2) is 66.9 Å². The molecule has 2 atom stereocenters. The summed E-state index contributed by atoms with van der Waals surface area (Å²) in [7, 11) is 0. The molecule has 11 heteroatoms. The summed E-state index contributed by atoms with van der Waals surface area (Å²) >= 11 is 1.19. The van der Waals surface area contributed by atoms with Crippen LogP contribution in [0.25, 0.3) is 10.2 Å². The largest absolute Gasteiger partial charge is 0.465 e. The van der Waals surface area contributed by atoms with Crippen LogP contribution in [-0.2, 0) is 0 Å². The van der Waals surface area contributed by atoms with E-state index in [0.717, 1.165) is 6.42 Å². The predicted molar refractivity (Wildman–Crippen MR) is 144 cm³/mol. The highest BCUT2D eigenvalue weighted by Crippen LogP contribution is 2.46. The SMILES string of the molecule is O=C(O)N[C@@H]1CCC[C@@H]1NC(=O)c1sc2nccc3c2c1NC(=O)N3c1ccc(Oc2ccccc2)cc1. The molecule has 2 aromatic heterocycles. The highest BCUT2D eigenvalue weighted by atomic mass is 32.1. The first-order chi connectivity index (χ1) is 18.5. The summed E-state index contributed by atoms with van der Waals surface area (Å²) in [6.45, 7) is 0. The molecular weight excluding hydrogens is 506 g/mol. The monoisotopic (exact) mass is 529 g/mol. The zero-order chi connectivity index (χ0) is 26.2. The van der Waals surface area contributed by atoms with E-state index < -0.39 is 12.1 Å². The van der Waals surface area contributed by atoms with Crippen molar-refractivity contribution in [3.8, 4) is 11.5 Å². The number of rotatable bonds is 6. The van der Waals surface area contributed by atoms with Gasteiger partial charge in [-0.25, -0.2) is 14.6 Å². The van der Waals surface area contributed by atoms with Gasteiger partial charge < -0.3 is 25.8 Å². The molecule has 2 aliphatic rings. The minimum Gasteiger partial charge on any atom is -0.465 e. The highest BCUT2D eigenvalue weighted by Gasteiger charge is 2.35. The van der Waals surface area contributed by atoms with Crippen molar-refractivity contribution < 1.29 is 24.2 Å². The molecule has 4 N–H and O–H groups in total. The number of aromatic nitrogens is 1. The quantitative estimate of drug-likeness (QED) is 0.254. The predicted octanol–water partition coefficient (Wildman–Crippen LogP) is 5.69. The van der Waals surface area contributed by atoms with E-state index in [-0.39, 0.29) is 18.0 Å². The van der Waals surface area contributed by atoms with Gasteiger partial charge in [-0.15, -0.1) is 11.3 Å². The molecule has 4 amide bonds. The molecule has 38 heavy (non-hydrogen) atoms. The maximum Gasteiger partial charge on any atom is 0.404 e. The third-order valence-electron chi connectivity index (χ3n) is 6.67. The van der Waals surface area contributed by atoms with Crippen molar-refractivity contribution in [3.05, 3.63) is 71.7 Å². The fourth-order valence-electron chi connectivity index (χ4n) is 4.99. The number of hydrogen-bond acceptors (Lipinski definition) is 6. The molecule has 1 aliphatic carbocycles. The molecule has 0 bridgehead atoms. The second kappa shape index (κ2) is 9.67. The number of ether oxygens (including phenoxy) is 1. The van der Waals surface area contributed by atoms with E-state index >= 15 is 0 Å². The van der Waals surface area contributed by atoms with Crippen LogP contribution in [0.3, 0.4) is 0 Å². The van der Waals surface area contributed by atoms with Gasteiger partial charge in [0.1, 0.15) is 21.2 Å². The van der Waals surface area contributed by atoms with Crippen LogP contribution in [0, 0.1) is 0 Å². The Balaban J connectivity index is 1.29. The number of para-hydroxylation sites is 1. The fourth-order valence-corrected chi connectivity index (χ4v) is 6.01. The van der Waals surface area contributed by atoms with Gasteiger partial charge in [-0.3, -0.25) is 9.69 Å². The van der Waals surface area contributed by atoms with E-state index in [1.807, 2.05) is 30.3 Å². The van der Waals surface area contributed by atoms with Gasteiger partial charge in [0.15, 0.2) is 0 Å². The maximum atomic E-state index is 13.3. The van der Waals surface area contributed by atoms with Gasteiger partial charge in [0.25, 0.3) is 5.91 Å². The number of nitrogens with zero attached hydrogens (tertiary/aromatic N) is 2. The van der Waals surface area contributed by atoms with Crippen molar-refractivity contribution in [1.82, 2.24) is 15.6 Å². The average Bonchev–Trinajstić information content (AvgIpc) is 3.50. The van der Waals surface area contributed by atoms with E-state index in [4.69, 9.17) is 9.84 Å². The lowest BCUT2D eigenvalue weighted by molar-refractivity contribution is 0.0935. The van der Waals surface area contributed by atoms with Crippen LogP contribution >= 0.6 is 11.3 Å². The van der Waals surface area contributed by atoms with E-state index in [0.29, 0.717) is 56.5 Å². The van der Waals surface area contributed by atoms with Crippen LogP contribution in [-0.4, -0.2) is 40.2 Å². The number of thiophene rings is 1. The second-order valence-electron chi connectivity index (χ2n) is 9.06. The minimum atomic E-state index is -1.12. The van der Waals surface area contributed by atoms with Gasteiger partial charge in [-0.2, -0.15) is 0 Å². The Hall–Kier alpha value is -4.64. The van der Waals surface area contributed by atoms with Crippen LogP contribution in [0.5, 0.6) is 11.5 Å². The number of carboxylic acid groups (broad SMARTS) is 1. The lowest BCUT2D eigenvalue weighted by atomic mass is 10.1. The molecular formula is C27H23N5O5S. The number of carbonyl (C=O) groups excluding carboxylic acids is 2. The standard InChI is InChI=1S/C27H23N5O5S/c33-24(29-18-7-4-8-19(18)30-27(35)36)23-22-21-20(13-14-28-25(21)38-23)32(26(34)31-22)15-9-11-17(12-10-15)37-16-5-2-1-3-6-16/h1-3,5-6,9-14,18-19,30H,4,7-8H2,(H,29,33)(H,31,34)(H,35,36)/t18-,19+/m0/s1. The molecule has 3 heterocycles. The summed E-state index contributed by atoms with van der Waals surface area (Å²) in [5.74, 6) is 0.979. The number of pyridine rings is 1. The molecule has 4 aromatic rings. The second-order valence-corrected chi connectivity index (χ2v) is 10.1. The lowest BCUT2D eigenvalue weighted by Gasteiger charge is -2.28. The van der Waals surface area contributed by atoms with Crippen molar-refractivity contribution >= 4 is 56.6 Å². The number of amides is 4. The summed E-state index contributed by atoms with van der Waals surface area (Å²) < 4.78 is 5.87. The van der Waals surface area contributed by atoms with Gasteiger partial charge in [-0.1, -0.05) is 18.2 Å². The Labute approximate surface area is 221 Å². The van der Waals surface area contributed by atoms with Gasteiger partial charge in [0, 0.05) is 12.2 Å². The number of nitrogens with one attached hydrogen (secondary N) is 3. The Kier molecular flexibility index (Phi) is 6.04. The topological polar surface area (TPSA) is 133 Å². The van der Waals surface area contributed by atoms with Gasteiger partial charge in [0.05, 0.1) is 28.5 Å². The summed E-state index contributed by atoms with van der Waals surface area (Å²) in [5.41, 5.74) is 1.66. The first-order valence-electron chi connectivity index (χ1n) is 12.1. The average molecular weight is 530 g/mol. The summed E-state index contributed by atoms with van der Waals surface area (Å²) in [6.07, 6.45) is 2.63. The van der Waals surface area contributed by atoms with Gasteiger partial charge in [-0.05, 0) is 61.7 Å². The fraction of sp³-hybridized carbons (Fsp3) is 0.185. The normalized spacial score (nSPS) is 18.2. The molecule has 6 rings (SSSR count). The zero-order valence-corrected chi connectivity index (χ0v) is 20.8. The van der Waals surface area contributed by atoms with Crippen molar-refractivity contribution in [3.63, 3.8) is 0 Å². The Morgan fingerprint density at radius 1 is 1.00 bits per heavy atom. The van der Waals surface area contributed by atoms with Crippen LogP contribution in [0.4, 0.5) is 26.7 Å². The molecule has 2 aromatic carbocycles. The summed E-state index contributed by atoms with van der Waals surface area (Å²) in [6, 6.07) is 17.3. The molecule has 1 fully saturated rings. The number of urea groups is 1. The zero-order valence-electron chi connectivity index (χ0n) is 20.0. The maximum absolute atomic E-state index is 13.3. The van der Waals surface area contributed by atoms with E-state index in [2.05, 4.69) is 20.9 Å². The first kappa shape index (κ1) is 23.7. The van der Waals surface area contributed by atoms with E-state index in [1.165, 1.54) is 11.3 Å². The van der Waals surface area contributed by atoms with Crippen LogP contribution in [0.2, 0.25) is 0 Å². The van der Waals surface area contributed by atoms with Gasteiger partial charge >= 0.3 is 12.1 Å². The van der Waals surface area contributed by atoms with Crippen LogP contribution in [0.1, 0.15) is 28.9 Å². The number of carbonyl (C=O) groups is 3. The smallest absolute Gasteiger partial charge is 0.404 e. The Morgan fingerprint density at radius 2 is 1.71 bits per heavy atom. The Morgan fingerprint density at radius 3 is 2.45 bits per heavy atom. The van der Waals surface area contributed by atoms with Crippen molar-refractivity contribution in [2.75, 3.05) is 10.2 Å². The molecule has 192 valence electrons. The minimum absolute atomic E-state index is 0.323. The Bertz CT molecular complexity index is 1540. The van der Waals surface area contributed by atoms with Gasteiger partial charge in [0.2, 0.25) is 0 Å². The lowest BCUT2D eigenvalue weighted by Crippen LogP contribution is -2.48. The third kappa shape index (κ3) is 4.37. The highest BCUT2D eigenvalue weighted by molar-refractivity contribution is 7.21. The number of anilines is 3. The van der Waals surface area contributed by atoms with Crippen molar-refractivity contribution in [1.29, 1.82) is 0 Å². The molecule has 0 unspecified atom stereocenters. The van der Waals surface area contributed by atoms with Crippen molar-refractivity contribution in [2.24, 2.45) is 0 Å². The molecule has 1 aliphatic heterocycles. The molecule has 1 saturated carbocycles. The number of benzene rings is 2. The third-order valence-corrected chi connectivity index (χ3v) is 7.76. The number of hydrogen-bond donors (Lipinski definition) is 4. The molecule has 0 spiro atoms. The van der Waals surface area contributed by atoms with Crippen molar-refractivity contribution in [2.45, 2.75) is 31.3 Å². The van der Waals surface area contributed by atoms with E-state index in [9.17, 15) is 14.4 Å². The van der Waals surface area contributed by atoms with Crippen LogP contribution < -0.4 is 25.6 Å². The summed E-state index contributed by atoms with van der Waals surface area (Å²) in [4.78, 5) is 44.6. The molecule has 0 radical (unpaired) electrons. The summed E-state index contributed by atoms with van der Waals surface area (Å²) in [5, 5.41) is 18.1. The molecule has 0 saturated heterocycles. The first-order valence-corrected chi connectivity index (χ1v) is 13.0. The van der Waals surface area contributed by atoms with E-state index in [1.54, 1.807) is 41.4 Å². The molecule has 10 nitrogen and oxygen atoms in total.